The summed E-state index contributed by atoms with van der Waals surface area (Å²) in [5.41, 5.74) is 2.74. The summed E-state index contributed by atoms with van der Waals surface area (Å²) in [7, 11) is 0. The Morgan fingerprint density at radius 1 is 1.06 bits per heavy atom. The second-order valence-corrected chi connectivity index (χ2v) is 9.73. The maximum atomic E-state index is 12.8. The highest BCUT2D eigenvalue weighted by atomic mass is 32.2. The van der Waals surface area contributed by atoms with E-state index in [-0.39, 0.29) is 18.1 Å². The van der Waals surface area contributed by atoms with Crippen molar-refractivity contribution < 1.29 is 14.5 Å². The Morgan fingerprint density at radius 2 is 1.78 bits per heavy atom. The van der Waals surface area contributed by atoms with Crippen LogP contribution in [0.3, 0.4) is 0 Å². The van der Waals surface area contributed by atoms with Gasteiger partial charge in [0, 0.05) is 33.8 Å². The number of carbonyl (C=O) groups is 1. The molecule has 1 N–H and O–H groups in total. The fourth-order valence-corrected chi connectivity index (χ4v) is 4.31. The molecule has 0 aliphatic heterocycles. The van der Waals surface area contributed by atoms with Crippen molar-refractivity contribution in [2.45, 2.75) is 43.2 Å². The minimum atomic E-state index is -0.478. The quantitative estimate of drug-likeness (QED) is 0.203. The largest absolute Gasteiger partial charge is 0.471 e. The van der Waals surface area contributed by atoms with Crippen LogP contribution < -0.4 is 10.1 Å². The fourth-order valence-electron chi connectivity index (χ4n) is 3.40. The van der Waals surface area contributed by atoms with Crippen molar-refractivity contribution in [2.75, 3.05) is 5.32 Å². The SMILES string of the molecule is Cc1ccc(Sc2cc(NC(=O)c3ccn(COc4ccc(C(C)C)cc4)n3)cc([N+](=O)[O-])c2)cc1. The first kappa shape index (κ1) is 25.0. The van der Waals surface area contributed by atoms with E-state index in [9.17, 15) is 14.9 Å². The fraction of sp³-hybridized carbons (Fsp3) is 0.185. The summed E-state index contributed by atoms with van der Waals surface area (Å²) in [5.74, 6) is 0.674. The summed E-state index contributed by atoms with van der Waals surface area (Å²) in [6.07, 6.45) is 1.64. The number of amides is 1. The molecule has 4 rings (SSSR count). The Morgan fingerprint density at radius 3 is 2.44 bits per heavy atom. The van der Waals surface area contributed by atoms with Gasteiger partial charge in [0.15, 0.2) is 12.4 Å². The Labute approximate surface area is 213 Å². The van der Waals surface area contributed by atoms with E-state index in [1.54, 1.807) is 18.3 Å². The van der Waals surface area contributed by atoms with E-state index in [0.717, 1.165) is 10.5 Å². The molecule has 1 heterocycles. The molecule has 0 aliphatic rings. The first-order valence-corrected chi connectivity index (χ1v) is 12.2. The maximum Gasteiger partial charge on any atom is 0.276 e. The van der Waals surface area contributed by atoms with Gasteiger partial charge >= 0.3 is 0 Å². The third kappa shape index (κ3) is 6.51. The van der Waals surface area contributed by atoms with Crippen molar-refractivity contribution in [2.24, 2.45) is 0 Å². The first-order chi connectivity index (χ1) is 17.3. The molecule has 4 aromatic rings. The number of hydrogen-bond donors (Lipinski definition) is 1. The molecule has 0 fully saturated rings. The van der Waals surface area contributed by atoms with E-state index in [1.807, 2.05) is 55.5 Å². The number of aryl methyl sites for hydroxylation is 1. The molecule has 36 heavy (non-hydrogen) atoms. The van der Waals surface area contributed by atoms with Crippen LogP contribution in [0.4, 0.5) is 11.4 Å². The third-order valence-corrected chi connectivity index (χ3v) is 6.38. The summed E-state index contributed by atoms with van der Waals surface area (Å²) >= 11 is 1.38. The van der Waals surface area contributed by atoms with Gasteiger partial charge in [0.1, 0.15) is 5.75 Å². The lowest BCUT2D eigenvalue weighted by molar-refractivity contribution is -0.385. The van der Waals surface area contributed by atoms with E-state index in [1.165, 1.54) is 34.1 Å². The lowest BCUT2D eigenvalue weighted by Crippen LogP contribution is -2.14. The average Bonchev–Trinajstić information content (AvgIpc) is 3.33. The Hall–Kier alpha value is -4.11. The lowest BCUT2D eigenvalue weighted by atomic mass is 10.0. The van der Waals surface area contributed by atoms with Crippen molar-refractivity contribution in [1.82, 2.24) is 9.78 Å². The Bertz CT molecular complexity index is 1370. The number of anilines is 1. The van der Waals surface area contributed by atoms with Crippen molar-refractivity contribution in [3.63, 3.8) is 0 Å². The second kappa shape index (κ2) is 11.1. The Kier molecular flexibility index (Phi) is 7.70. The van der Waals surface area contributed by atoms with Gasteiger partial charge in [-0.15, -0.1) is 0 Å². The van der Waals surface area contributed by atoms with E-state index in [4.69, 9.17) is 4.74 Å². The molecule has 3 aromatic carbocycles. The van der Waals surface area contributed by atoms with E-state index < -0.39 is 10.8 Å². The molecule has 1 aromatic heterocycles. The number of non-ortho nitro benzene ring substituents is 1. The van der Waals surface area contributed by atoms with Gasteiger partial charge in [-0.25, -0.2) is 4.68 Å². The number of benzene rings is 3. The molecule has 0 unspecified atom stereocenters. The predicted molar refractivity (Wildman–Crippen MR) is 140 cm³/mol. The zero-order chi connectivity index (χ0) is 25.7. The zero-order valence-corrected chi connectivity index (χ0v) is 21.0. The van der Waals surface area contributed by atoms with Crippen molar-refractivity contribution in [1.29, 1.82) is 0 Å². The normalized spacial score (nSPS) is 10.9. The summed E-state index contributed by atoms with van der Waals surface area (Å²) < 4.78 is 7.26. The van der Waals surface area contributed by atoms with Gasteiger partial charge in [-0.2, -0.15) is 5.10 Å². The predicted octanol–water partition coefficient (Wildman–Crippen LogP) is 6.66. The first-order valence-electron chi connectivity index (χ1n) is 11.4. The van der Waals surface area contributed by atoms with Crippen molar-refractivity contribution in [3.8, 4) is 5.75 Å². The topological polar surface area (TPSA) is 99.3 Å². The number of nitrogens with zero attached hydrogens (tertiary/aromatic N) is 3. The molecule has 9 heteroatoms. The van der Waals surface area contributed by atoms with E-state index in [0.29, 0.717) is 22.3 Å². The van der Waals surface area contributed by atoms with Crippen LogP contribution in [-0.2, 0) is 6.73 Å². The zero-order valence-electron chi connectivity index (χ0n) is 20.2. The van der Waals surface area contributed by atoms with Gasteiger partial charge in [0.2, 0.25) is 0 Å². The molecule has 0 spiro atoms. The minimum absolute atomic E-state index is 0.107. The monoisotopic (exact) mass is 502 g/mol. The molecule has 8 nitrogen and oxygen atoms in total. The van der Waals surface area contributed by atoms with Gasteiger partial charge < -0.3 is 10.1 Å². The Balaban J connectivity index is 1.42. The van der Waals surface area contributed by atoms with Crippen LogP contribution in [0.15, 0.2) is 88.8 Å². The van der Waals surface area contributed by atoms with E-state index >= 15 is 0 Å². The number of aromatic nitrogens is 2. The van der Waals surface area contributed by atoms with Gasteiger partial charge in [0.25, 0.3) is 11.6 Å². The third-order valence-electron chi connectivity index (χ3n) is 5.40. The summed E-state index contributed by atoms with van der Waals surface area (Å²) in [4.78, 5) is 25.4. The molecule has 0 aliphatic carbocycles. The maximum absolute atomic E-state index is 12.8. The van der Waals surface area contributed by atoms with Gasteiger partial charge in [-0.05, 0) is 54.8 Å². The number of nitro groups is 1. The number of hydrogen-bond acceptors (Lipinski definition) is 6. The molecule has 1 amide bonds. The van der Waals surface area contributed by atoms with Gasteiger partial charge in [-0.3, -0.25) is 14.9 Å². The average molecular weight is 503 g/mol. The smallest absolute Gasteiger partial charge is 0.276 e. The number of carbonyl (C=O) groups excluding carboxylic acids is 1. The number of nitro benzene ring substituents is 1. The molecule has 0 saturated heterocycles. The number of nitrogens with one attached hydrogen (secondary N) is 1. The van der Waals surface area contributed by atoms with Crippen LogP contribution in [-0.4, -0.2) is 20.6 Å². The van der Waals surface area contributed by atoms with Crippen LogP contribution in [0, 0.1) is 17.0 Å². The highest BCUT2D eigenvalue weighted by Crippen LogP contribution is 2.33. The van der Waals surface area contributed by atoms with Crippen LogP contribution in [0.25, 0.3) is 0 Å². The van der Waals surface area contributed by atoms with Gasteiger partial charge in [0.05, 0.1) is 4.92 Å². The molecule has 0 saturated carbocycles. The summed E-state index contributed by atoms with van der Waals surface area (Å²) in [5, 5.41) is 18.4. The van der Waals surface area contributed by atoms with Crippen LogP contribution in [0.1, 0.15) is 41.4 Å². The second-order valence-electron chi connectivity index (χ2n) is 8.58. The molecular weight excluding hydrogens is 476 g/mol. The lowest BCUT2D eigenvalue weighted by Gasteiger charge is -2.09. The van der Waals surface area contributed by atoms with Crippen molar-refractivity contribution in [3.05, 3.63) is 106 Å². The molecule has 0 atom stereocenters. The highest BCUT2D eigenvalue weighted by molar-refractivity contribution is 7.99. The van der Waals surface area contributed by atoms with Gasteiger partial charge in [-0.1, -0.05) is 55.4 Å². The van der Waals surface area contributed by atoms with Crippen LogP contribution in [0.2, 0.25) is 0 Å². The highest BCUT2D eigenvalue weighted by Gasteiger charge is 2.15. The number of rotatable bonds is 9. The van der Waals surface area contributed by atoms with Crippen LogP contribution in [0.5, 0.6) is 5.75 Å². The molecular formula is C27H26N4O4S. The molecule has 184 valence electrons. The minimum Gasteiger partial charge on any atom is -0.471 e. The molecule has 0 bridgehead atoms. The summed E-state index contributed by atoms with van der Waals surface area (Å²) in [6, 6.07) is 21.8. The van der Waals surface area contributed by atoms with Crippen LogP contribution >= 0.6 is 11.8 Å². The molecule has 0 radical (unpaired) electrons. The summed E-state index contributed by atoms with van der Waals surface area (Å²) in [6.45, 7) is 6.39. The number of ether oxygens (including phenoxy) is 1. The standard InChI is InChI=1S/C27H26N4O4S/c1-18(2)20-6-8-23(9-7-20)35-17-30-13-12-26(29-30)27(32)28-21-14-22(31(33)34)16-25(15-21)36-24-10-4-19(3)5-11-24/h4-16,18H,17H2,1-3H3,(H,28,32). The van der Waals surface area contributed by atoms with E-state index in [2.05, 4.69) is 24.3 Å². The van der Waals surface area contributed by atoms with Crippen molar-refractivity contribution >= 4 is 29.0 Å².